The topological polar surface area (TPSA) is 41.6 Å². The van der Waals surface area contributed by atoms with E-state index in [-0.39, 0.29) is 5.91 Å². The summed E-state index contributed by atoms with van der Waals surface area (Å²) < 4.78 is 5.62. The Balaban J connectivity index is 2.23. The summed E-state index contributed by atoms with van der Waals surface area (Å²) >= 11 is 0. The molecule has 0 aromatic heterocycles. The number of hydrogen-bond acceptors (Lipinski definition) is 3. The summed E-state index contributed by atoms with van der Waals surface area (Å²) in [6.45, 7) is 10.2. The van der Waals surface area contributed by atoms with Gasteiger partial charge in [-0.1, -0.05) is 13.8 Å². The second kappa shape index (κ2) is 7.67. The number of nitrogens with one attached hydrogen (secondary N) is 1. The number of carbonyl (C=O) groups is 1. The van der Waals surface area contributed by atoms with Crippen LogP contribution in [0.15, 0.2) is 0 Å². The van der Waals surface area contributed by atoms with Crippen LogP contribution >= 0.6 is 0 Å². The molecule has 0 aliphatic carbocycles. The van der Waals surface area contributed by atoms with Gasteiger partial charge in [-0.3, -0.25) is 9.69 Å². The van der Waals surface area contributed by atoms with Gasteiger partial charge in [0.05, 0.1) is 12.6 Å². The van der Waals surface area contributed by atoms with Gasteiger partial charge < -0.3 is 10.1 Å². The third kappa shape index (κ3) is 6.03. The fourth-order valence-corrected chi connectivity index (χ4v) is 2.11. The number of carbonyl (C=O) groups excluding carboxylic acids is 1. The Bertz CT molecular complexity index is 229. The van der Waals surface area contributed by atoms with Gasteiger partial charge in [0.2, 0.25) is 5.91 Å². The van der Waals surface area contributed by atoms with Crippen molar-refractivity contribution in [3.63, 3.8) is 0 Å². The summed E-state index contributed by atoms with van der Waals surface area (Å²) in [6, 6.07) is 0. The number of nitrogens with zero attached hydrogens (tertiary/aromatic N) is 1. The van der Waals surface area contributed by atoms with E-state index >= 15 is 0 Å². The second-order valence-electron chi connectivity index (χ2n) is 5.15. The molecule has 0 aromatic carbocycles. The summed E-state index contributed by atoms with van der Waals surface area (Å²) in [5.41, 5.74) is 0. The van der Waals surface area contributed by atoms with E-state index in [1.165, 1.54) is 0 Å². The van der Waals surface area contributed by atoms with Crippen molar-refractivity contribution in [3.8, 4) is 0 Å². The van der Waals surface area contributed by atoms with Gasteiger partial charge in [0.1, 0.15) is 0 Å². The second-order valence-corrected chi connectivity index (χ2v) is 5.15. The van der Waals surface area contributed by atoms with E-state index in [0.717, 1.165) is 39.1 Å². The Morgan fingerprint density at radius 2 is 2.29 bits per heavy atom. The first kappa shape index (κ1) is 14.5. The van der Waals surface area contributed by atoms with Gasteiger partial charge in [0.15, 0.2) is 0 Å². The molecular formula is C13H26N2O2. The van der Waals surface area contributed by atoms with E-state index in [9.17, 15) is 4.79 Å². The molecule has 1 saturated heterocycles. The minimum absolute atomic E-state index is 0.135. The third-order valence-electron chi connectivity index (χ3n) is 2.94. The highest BCUT2D eigenvalue weighted by Crippen LogP contribution is 2.12. The average molecular weight is 242 g/mol. The van der Waals surface area contributed by atoms with E-state index in [1.54, 1.807) is 0 Å². The Morgan fingerprint density at radius 3 is 2.94 bits per heavy atom. The van der Waals surface area contributed by atoms with Gasteiger partial charge in [-0.05, 0) is 32.2 Å². The van der Waals surface area contributed by atoms with Gasteiger partial charge in [0, 0.05) is 19.7 Å². The van der Waals surface area contributed by atoms with Crippen LogP contribution in [0.3, 0.4) is 0 Å². The predicted octanol–water partition coefficient (Wildman–Crippen LogP) is 1.26. The minimum Gasteiger partial charge on any atom is -0.377 e. The Morgan fingerprint density at radius 1 is 1.53 bits per heavy atom. The van der Waals surface area contributed by atoms with Crippen molar-refractivity contribution in [2.24, 2.45) is 5.92 Å². The number of rotatable bonds is 6. The maximum Gasteiger partial charge on any atom is 0.234 e. The smallest absolute Gasteiger partial charge is 0.234 e. The summed E-state index contributed by atoms with van der Waals surface area (Å²) in [6.07, 6.45) is 2.56. The molecule has 100 valence electrons. The minimum atomic E-state index is 0.135. The molecule has 0 bridgehead atoms. The van der Waals surface area contributed by atoms with Crippen molar-refractivity contribution < 1.29 is 9.53 Å². The van der Waals surface area contributed by atoms with E-state index in [1.807, 2.05) is 6.92 Å². The molecule has 0 radical (unpaired) electrons. The molecule has 1 aliphatic rings. The van der Waals surface area contributed by atoms with E-state index in [2.05, 4.69) is 24.1 Å². The molecule has 0 aromatic rings. The highest BCUT2D eigenvalue weighted by molar-refractivity contribution is 5.78. The van der Waals surface area contributed by atoms with Crippen LogP contribution in [0.5, 0.6) is 0 Å². The van der Waals surface area contributed by atoms with Crippen LogP contribution < -0.4 is 5.32 Å². The van der Waals surface area contributed by atoms with Gasteiger partial charge in [-0.15, -0.1) is 0 Å². The number of hydrogen-bond donors (Lipinski definition) is 1. The fraction of sp³-hybridized carbons (Fsp3) is 0.923. The van der Waals surface area contributed by atoms with Gasteiger partial charge in [-0.2, -0.15) is 0 Å². The number of amides is 1. The zero-order chi connectivity index (χ0) is 12.7. The van der Waals surface area contributed by atoms with E-state index in [0.29, 0.717) is 18.6 Å². The number of likely N-dealkylation sites (tertiary alicyclic amines) is 1. The molecule has 4 nitrogen and oxygen atoms in total. The van der Waals surface area contributed by atoms with Gasteiger partial charge in [0.25, 0.3) is 0 Å². The molecule has 1 aliphatic heterocycles. The number of ether oxygens (including phenoxy) is 1. The third-order valence-corrected chi connectivity index (χ3v) is 2.94. The molecule has 1 atom stereocenters. The van der Waals surface area contributed by atoms with Crippen LogP contribution in [0.25, 0.3) is 0 Å². The molecule has 0 saturated carbocycles. The maximum absolute atomic E-state index is 11.7. The summed E-state index contributed by atoms with van der Waals surface area (Å²) in [5.74, 6) is 0.646. The van der Waals surface area contributed by atoms with Crippen molar-refractivity contribution in [1.82, 2.24) is 10.2 Å². The van der Waals surface area contributed by atoms with Gasteiger partial charge in [-0.25, -0.2) is 0 Å². The van der Waals surface area contributed by atoms with Crippen LogP contribution in [-0.4, -0.2) is 49.7 Å². The molecule has 1 rings (SSSR count). The standard InChI is InChI=1S/C13H26N2O2/c1-4-17-12-6-5-7-15(9-12)10-13(16)14-8-11(2)3/h11-12H,4-10H2,1-3H3,(H,14,16)/t12-/m0/s1. The molecule has 1 fully saturated rings. The monoisotopic (exact) mass is 242 g/mol. The lowest BCUT2D eigenvalue weighted by molar-refractivity contribution is -0.123. The van der Waals surface area contributed by atoms with Crippen molar-refractivity contribution in [2.45, 2.75) is 39.7 Å². The Kier molecular flexibility index (Phi) is 6.52. The molecule has 1 amide bonds. The van der Waals surface area contributed by atoms with Crippen molar-refractivity contribution in [3.05, 3.63) is 0 Å². The first-order chi connectivity index (χ1) is 8.11. The van der Waals surface area contributed by atoms with Crippen molar-refractivity contribution >= 4 is 5.91 Å². The molecule has 0 unspecified atom stereocenters. The maximum atomic E-state index is 11.7. The normalized spacial score (nSPS) is 21.8. The van der Waals surface area contributed by atoms with E-state index in [4.69, 9.17) is 4.74 Å². The zero-order valence-corrected chi connectivity index (χ0v) is 11.4. The molecular weight excluding hydrogens is 216 g/mol. The Hall–Kier alpha value is -0.610. The van der Waals surface area contributed by atoms with Crippen molar-refractivity contribution in [2.75, 3.05) is 32.8 Å². The van der Waals surface area contributed by atoms with E-state index < -0.39 is 0 Å². The summed E-state index contributed by atoms with van der Waals surface area (Å²) in [7, 11) is 0. The lowest BCUT2D eigenvalue weighted by atomic mass is 10.1. The predicted molar refractivity (Wildman–Crippen MR) is 68.9 cm³/mol. The largest absolute Gasteiger partial charge is 0.377 e. The first-order valence-electron chi connectivity index (χ1n) is 6.72. The highest BCUT2D eigenvalue weighted by atomic mass is 16.5. The lowest BCUT2D eigenvalue weighted by Gasteiger charge is -2.31. The van der Waals surface area contributed by atoms with Crippen LogP contribution in [-0.2, 0) is 9.53 Å². The molecule has 17 heavy (non-hydrogen) atoms. The van der Waals surface area contributed by atoms with Crippen LogP contribution in [0.4, 0.5) is 0 Å². The molecule has 0 spiro atoms. The van der Waals surface area contributed by atoms with Crippen molar-refractivity contribution in [1.29, 1.82) is 0 Å². The van der Waals surface area contributed by atoms with Crippen LogP contribution in [0, 0.1) is 5.92 Å². The van der Waals surface area contributed by atoms with Gasteiger partial charge >= 0.3 is 0 Å². The number of piperidine rings is 1. The lowest BCUT2D eigenvalue weighted by Crippen LogP contribution is -2.45. The Labute approximate surface area is 105 Å². The molecule has 1 heterocycles. The SMILES string of the molecule is CCO[C@H]1CCCN(CC(=O)NCC(C)C)C1. The first-order valence-corrected chi connectivity index (χ1v) is 6.72. The van der Waals surface area contributed by atoms with Crippen LogP contribution in [0.2, 0.25) is 0 Å². The summed E-state index contributed by atoms with van der Waals surface area (Å²) in [4.78, 5) is 13.9. The highest BCUT2D eigenvalue weighted by Gasteiger charge is 2.21. The fourth-order valence-electron chi connectivity index (χ4n) is 2.11. The average Bonchev–Trinajstić information content (AvgIpc) is 2.27. The summed E-state index contributed by atoms with van der Waals surface area (Å²) in [5, 5.41) is 2.95. The quantitative estimate of drug-likeness (QED) is 0.762. The van der Waals surface area contributed by atoms with Crippen LogP contribution in [0.1, 0.15) is 33.6 Å². The molecule has 1 N–H and O–H groups in total. The zero-order valence-electron chi connectivity index (χ0n) is 11.4. The molecule has 4 heteroatoms.